The molecule has 0 aliphatic heterocycles. The molecule has 0 fully saturated rings. The fourth-order valence-corrected chi connectivity index (χ4v) is 3.45. The van der Waals surface area contributed by atoms with Crippen molar-refractivity contribution >= 4 is 26.8 Å². The molecule has 0 saturated carbocycles. The zero-order valence-electron chi connectivity index (χ0n) is 13.2. The number of hydrogen-bond donors (Lipinski definition) is 2. The number of amides is 1. The number of halogens is 1. The van der Waals surface area contributed by atoms with Gasteiger partial charge in [-0.3, -0.25) is 4.79 Å². The molecule has 0 unspecified atom stereocenters. The molecule has 2 N–H and O–H groups in total. The second kappa shape index (κ2) is 6.56. The van der Waals surface area contributed by atoms with Crippen LogP contribution in [0.4, 0.5) is 4.39 Å². The minimum absolute atomic E-state index is 0.131. The van der Waals surface area contributed by atoms with Crippen LogP contribution in [0.15, 0.2) is 53.6 Å². The average Bonchev–Trinajstić information content (AvgIpc) is 2.96. The molecule has 0 atom stereocenters. The number of fused-ring (bicyclic) bond motifs is 1. The molecular formula is C17H15FN2O4S. The monoisotopic (exact) mass is 362 g/mol. The van der Waals surface area contributed by atoms with E-state index in [1.54, 1.807) is 18.3 Å². The third-order valence-corrected chi connectivity index (χ3v) is 5.09. The minimum Gasteiger partial charge on any atom is -0.497 e. The summed E-state index contributed by atoms with van der Waals surface area (Å²) in [7, 11) is -2.51. The van der Waals surface area contributed by atoms with E-state index in [1.807, 2.05) is 10.8 Å². The van der Waals surface area contributed by atoms with E-state index in [2.05, 4.69) is 4.98 Å². The number of nitrogens with one attached hydrogen (secondary N) is 2. The second-order valence-corrected chi connectivity index (χ2v) is 7.07. The molecule has 0 aliphatic rings. The molecular weight excluding hydrogens is 347 g/mol. The maximum absolute atomic E-state index is 12.9. The number of H-pyrrole nitrogens is 1. The number of ether oxygens (including phenoxy) is 1. The first-order valence-corrected chi connectivity index (χ1v) is 8.82. The second-order valence-electron chi connectivity index (χ2n) is 5.38. The van der Waals surface area contributed by atoms with Gasteiger partial charge in [-0.25, -0.2) is 17.5 Å². The quantitative estimate of drug-likeness (QED) is 0.729. The Balaban J connectivity index is 1.79. The fraction of sp³-hybridized carbons (Fsp3) is 0.118. The van der Waals surface area contributed by atoms with E-state index in [-0.39, 0.29) is 11.3 Å². The summed E-state index contributed by atoms with van der Waals surface area (Å²) in [5, 5.41) is 0.772. The number of aromatic nitrogens is 1. The van der Waals surface area contributed by atoms with Crippen LogP contribution in [0.2, 0.25) is 0 Å². The van der Waals surface area contributed by atoms with Crippen molar-refractivity contribution in [2.24, 2.45) is 0 Å². The summed E-state index contributed by atoms with van der Waals surface area (Å²) < 4.78 is 44.4. The summed E-state index contributed by atoms with van der Waals surface area (Å²) in [6.07, 6.45) is 1.52. The predicted octanol–water partition coefficient (Wildman–Crippen LogP) is 2.36. The molecule has 8 heteroatoms. The van der Waals surface area contributed by atoms with E-state index in [9.17, 15) is 17.6 Å². The number of carbonyl (C=O) groups excluding carboxylic acids is 1. The lowest BCUT2D eigenvalue weighted by molar-refractivity contribution is -0.118. The number of hydrogen-bond acceptors (Lipinski definition) is 4. The summed E-state index contributed by atoms with van der Waals surface area (Å²) in [5.74, 6) is -0.612. The van der Waals surface area contributed by atoms with Gasteiger partial charge in [0, 0.05) is 17.1 Å². The van der Waals surface area contributed by atoms with Gasteiger partial charge in [-0.15, -0.1) is 0 Å². The lowest BCUT2D eigenvalue weighted by atomic mass is 10.1. The van der Waals surface area contributed by atoms with Crippen molar-refractivity contribution in [3.63, 3.8) is 0 Å². The number of methoxy groups -OCH3 is 1. The van der Waals surface area contributed by atoms with E-state index in [4.69, 9.17) is 4.74 Å². The zero-order valence-corrected chi connectivity index (χ0v) is 14.1. The Morgan fingerprint density at radius 1 is 1.20 bits per heavy atom. The molecule has 3 aromatic rings. The Bertz CT molecular complexity index is 1030. The van der Waals surface area contributed by atoms with Crippen LogP contribution in [0.3, 0.4) is 0 Å². The van der Waals surface area contributed by atoms with Crippen molar-refractivity contribution in [3.8, 4) is 5.75 Å². The Morgan fingerprint density at radius 2 is 1.92 bits per heavy atom. The lowest BCUT2D eigenvalue weighted by Gasteiger charge is -2.07. The van der Waals surface area contributed by atoms with Crippen molar-refractivity contribution < 1.29 is 22.3 Å². The van der Waals surface area contributed by atoms with Crippen molar-refractivity contribution in [1.29, 1.82) is 0 Å². The van der Waals surface area contributed by atoms with Crippen molar-refractivity contribution in [3.05, 3.63) is 60.0 Å². The van der Waals surface area contributed by atoms with Gasteiger partial charge >= 0.3 is 0 Å². The van der Waals surface area contributed by atoms with Gasteiger partial charge in [-0.2, -0.15) is 0 Å². The molecule has 1 aromatic heterocycles. The molecule has 1 heterocycles. The normalized spacial score (nSPS) is 11.4. The van der Waals surface area contributed by atoms with Gasteiger partial charge in [-0.1, -0.05) is 0 Å². The van der Waals surface area contributed by atoms with Crippen molar-refractivity contribution in [2.75, 3.05) is 7.11 Å². The molecule has 2 aromatic carbocycles. The largest absolute Gasteiger partial charge is 0.497 e. The summed E-state index contributed by atoms with van der Waals surface area (Å²) in [6, 6.07) is 9.59. The molecule has 0 saturated heterocycles. The van der Waals surface area contributed by atoms with Crippen molar-refractivity contribution in [1.82, 2.24) is 9.71 Å². The summed E-state index contributed by atoms with van der Waals surface area (Å²) >= 11 is 0. The first-order chi connectivity index (χ1) is 11.9. The third-order valence-electron chi connectivity index (χ3n) is 3.70. The molecule has 6 nitrogen and oxygen atoms in total. The van der Waals surface area contributed by atoms with Crippen LogP contribution in [-0.2, 0) is 21.2 Å². The molecule has 25 heavy (non-hydrogen) atoms. The van der Waals surface area contributed by atoms with Crippen LogP contribution in [0.5, 0.6) is 5.75 Å². The van der Waals surface area contributed by atoms with Crippen LogP contribution < -0.4 is 9.46 Å². The molecule has 1 amide bonds. The number of sulfonamides is 1. The van der Waals surface area contributed by atoms with Crippen LogP contribution in [0.25, 0.3) is 10.9 Å². The molecule has 0 bridgehead atoms. The first kappa shape index (κ1) is 17.0. The van der Waals surface area contributed by atoms with Gasteiger partial charge in [0.25, 0.3) is 10.0 Å². The Kier molecular flexibility index (Phi) is 4.45. The predicted molar refractivity (Wildman–Crippen MR) is 90.3 cm³/mol. The average molecular weight is 362 g/mol. The van der Waals surface area contributed by atoms with E-state index in [0.29, 0.717) is 11.3 Å². The summed E-state index contributed by atoms with van der Waals surface area (Å²) in [5.41, 5.74) is 1.45. The standard InChI is InChI=1S/C17H15FN2O4S/c1-24-13-4-7-16-15(9-13)11(10-19-16)8-17(21)20-25(22,23)14-5-2-12(18)3-6-14/h2-7,9-10,19H,8H2,1H3,(H,20,21). The highest BCUT2D eigenvalue weighted by molar-refractivity contribution is 7.90. The SMILES string of the molecule is COc1ccc2[nH]cc(CC(=O)NS(=O)(=O)c3ccc(F)cc3)c2c1. The maximum Gasteiger partial charge on any atom is 0.264 e. The third kappa shape index (κ3) is 3.63. The van der Waals surface area contributed by atoms with Gasteiger partial charge in [0.15, 0.2) is 0 Å². The Labute approximate surface area is 143 Å². The van der Waals surface area contributed by atoms with E-state index in [1.165, 1.54) is 7.11 Å². The van der Waals surface area contributed by atoms with E-state index in [0.717, 1.165) is 35.2 Å². The van der Waals surface area contributed by atoms with Crippen LogP contribution in [0.1, 0.15) is 5.56 Å². The summed E-state index contributed by atoms with van der Waals surface area (Å²) in [4.78, 5) is 15.0. The highest BCUT2D eigenvalue weighted by Crippen LogP contribution is 2.24. The number of benzene rings is 2. The Morgan fingerprint density at radius 3 is 2.60 bits per heavy atom. The highest BCUT2D eigenvalue weighted by atomic mass is 32.2. The molecule has 3 rings (SSSR count). The van der Waals surface area contributed by atoms with Gasteiger partial charge in [0.1, 0.15) is 11.6 Å². The smallest absolute Gasteiger partial charge is 0.264 e. The van der Waals surface area contributed by atoms with Crippen LogP contribution in [0, 0.1) is 5.82 Å². The zero-order chi connectivity index (χ0) is 18.0. The lowest BCUT2D eigenvalue weighted by Crippen LogP contribution is -2.31. The molecule has 0 spiro atoms. The first-order valence-electron chi connectivity index (χ1n) is 7.34. The van der Waals surface area contributed by atoms with Gasteiger partial charge < -0.3 is 9.72 Å². The van der Waals surface area contributed by atoms with Gasteiger partial charge in [-0.05, 0) is 48.0 Å². The fourth-order valence-electron chi connectivity index (χ4n) is 2.46. The van der Waals surface area contributed by atoms with Gasteiger partial charge in [0.2, 0.25) is 5.91 Å². The number of carbonyl (C=O) groups is 1. The van der Waals surface area contributed by atoms with Crippen molar-refractivity contribution in [2.45, 2.75) is 11.3 Å². The number of rotatable bonds is 5. The molecule has 0 radical (unpaired) electrons. The Hall–Kier alpha value is -2.87. The van der Waals surface area contributed by atoms with E-state index >= 15 is 0 Å². The van der Waals surface area contributed by atoms with Crippen LogP contribution in [-0.4, -0.2) is 26.4 Å². The maximum atomic E-state index is 12.9. The van der Waals surface area contributed by atoms with Gasteiger partial charge in [0.05, 0.1) is 18.4 Å². The minimum atomic E-state index is -4.05. The number of aromatic amines is 1. The topological polar surface area (TPSA) is 88.3 Å². The molecule has 0 aliphatic carbocycles. The highest BCUT2D eigenvalue weighted by Gasteiger charge is 2.19. The van der Waals surface area contributed by atoms with E-state index < -0.39 is 21.7 Å². The molecule has 130 valence electrons. The summed E-state index contributed by atoms with van der Waals surface area (Å²) in [6.45, 7) is 0. The van der Waals surface area contributed by atoms with Crippen LogP contribution >= 0.6 is 0 Å².